The summed E-state index contributed by atoms with van der Waals surface area (Å²) in [5.41, 5.74) is 1.22. The van der Waals surface area contributed by atoms with Gasteiger partial charge in [0, 0.05) is 31.3 Å². The van der Waals surface area contributed by atoms with E-state index >= 15 is 0 Å². The maximum atomic E-state index is 5.60. The maximum Gasteiger partial charge on any atom is 0.257 e. The fourth-order valence-electron chi connectivity index (χ4n) is 2.69. The smallest absolute Gasteiger partial charge is 0.257 e. The summed E-state index contributed by atoms with van der Waals surface area (Å²) in [5, 5.41) is 0. The molecule has 1 aliphatic heterocycles. The van der Waals surface area contributed by atoms with Gasteiger partial charge in [-0.05, 0) is 31.4 Å². The van der Waals surface area contributed by atoms with Crippen molar-refractivity contribution in [2.45, 2.75) is 25.8 Å². The van der Waals surface area contributed by atoms with Crippen LogP contribution in [-0.4, -0.2) is 28.1 Å². The molecule has 104 valence electrons. The molecule has 0 bridgehead atoms. The normalized spacial score (nSPS) is 18.2. The quantitative estimate of drug-likeness (QED) is 0.854. The number of ether oxygens (including phenoxy) is 1. The SMILES string of the molecule is CCOc1nccnc1N1CCCC1c1cccnc1. The third-order valence-corrected chi connectivity index (χ3v) is 3.52. The standard InChI is InChI=1S/C15H18N4O/c1-2-20-15-14(17-8-9-18-15)19-10-4-6-13(19)12-5-3-7-16-11-12/h3,5,7-9,11,13H,2,4,6,10H2,1H3. The first kappa shape index (κ1) is 12.8. The fraction of sp³-hybridized carbons (Fsp3) is 0.400. The van der Waals surface area contributed by atoms with E-state index in [9.17, 15) is 0 Å². The molecule has 0 aromatic carbocycles. The largest absolute Gasteiger partial charge is 0.475 e. The van der Waals surface area contributed by atoms with Crippen LogP contribution in [0.25, 0.3) is 0 Å². The molecule has 5 heteroatoms. The van der Waals surface area contributed by atoms with Crippen molar-refractivity contribution in [2.24, 2.45) is 0 Å². The average Bonchev–Trinajstić information content (AvgIpc) is 2.98. The van der Waals surface area contributed by atoms with E-state index in [-0.39, 0.29) is 0 Å². The minimum Gasteiger partial charge on any atom is -0.475 e. The average molecular weight is 270 g/mol. The molecule has 5 nitrogen and oxygen atoms in total. The summed E-state index contributed by atoms with van der Waals surface area (Å²) >= 11 is 0. The van der Waals surface area contributed by atoms with Crippen molar-refractivity contribution >= 4 is 5.82 Å². The van der Waals surface area contributed by atoms with E-state index in [1.54, 1.807) is 18.6 Å². The van der Waals surface area contributed by atoms with Gasteiger partial charge in [-0.2, -0.15) is 0 Å². The lowest BCUT2D eigenvalue weighted by atomic mass is 10.1. The van der Waals surface area contributed by atoms with Crippen molar-refractivity contribution in [3.8, 4) is 5.88 Å². The van der Waals surface area contributed by atoms with E-state index in [1.807, 2.05) is 19.2 Å². The first-order valence-electron chi connectivity index (χ1n) is 7.00. The lowest BCUT2D eigenvalue weighted by molar-refractivity contribution is 0.325. The molecule has 20 heavy (non-hydrogen) atoms. The van der Waals surface area contributed by atoms with E-state index in [0.29, 0.717) is 18.5 Å². The monoisotopic (exact) mass is 270 g/mol. The highest BCUT2D eigenvalue weighted by atomic mass is 16.5. The molecule has 0 spiro atoms. The Labute approximate surface area is 118 Å². The number of nitrogens with zero attached hydrogens (tertiary/aromatic N) is 4. The molecule has 1 fully saturated rings. The highest BCUT2D eigenvalue weighted by molar-refractivity contribution is 5.51. The summed E-state index contributed by atoms with van der Waals surface area (Å²) < 4.78 is 5.60. The minimum absolute atomic E-state index is 0.305. The Bertz CT molecular complexity index is 561. The van der Waals surface area contributed by atoms with E-state index in [0.717, 1.165) is 25.2 Å². The molecule has 1 saturated heterocycles. The summed E-state index contributed by atoms with van der Waals surface area (Å²) in [6.45, 7) is 3.52. The predicted octanol–water partition coefficient (Wildman–Crippen LogP) is 2.61. The Kier molecular flexibility index (Phi) is 3.76. The summed E-state index contributed by atoms with van der Waals surface area (Å²) in [4.78, 5) is 15.3. The molecule has 0 aliphatic carbocycles. The van der Waals surface area contributed by atoms with Crippen molar-refractivity contribution in [1.29, 1.82) is 0 Å². The van der Waals surface area contributed by atoms with Gasteiger partial charge in [0.15, 0.2) is 5.82 Å². The van der Waals surface area contributed by atoms with Crippen LogP contribution < -0.4 is 9.64 Å². The van der Waals surface area contributed by atoms with Gasteiger partial charge in [0.2, 0.25) is 0 Å². The molecule has 1 unspecified atom stereocenters. The van der Waals surface area contributed by atoms with Gasteiger partial charge in [0.1, 0.15) is 0 Å². The Morgan fingerprint density at radius 3 is 3.00 bits per heavy atom. The Hall–Kier alpha value is -2.17. The van der Waals surface area contributed by atoms with E-state index in [1.165, 1.54) is 5.56 Å². The Morgan fingerprint density at radius 2 is 2.20 bits per heavy atom. The van der Waals surface area contributed by atoms with Gasteiger partial charge in [0.25, 0.3) is 5.88 Å². The second kappa shape index (κ2) is 5.86. The zero-order chi connectivity index (χ0) is 13.8. The zero-order valence-electron chi connectivity index (χ0n) is 11.6. The van der Waals surface area contributed by atoms with E-state index in [2.05, 4.69) is 25.9 Å². The van der Waals surface area contributed by atoms with Crippen molar-refractivity contribution in [3.05, 3.63) is 42.5 Å². The van der Waals surface area contributed by atoms with Crippen LogP contribution >= 0.6 is 0 Å². The molecule has 3 heterocycles. The van der Waals surface area contributed by atoms with Crippen LogP contribution in [0, 0.1) is 0 Å². The van der Waals surface area contributed by atoms with Crippen molar-refractivity contribution in [2.75, 3.05) is 18.1 Å². The summed E-state index contributed by atoms with van der Waals surface area (Å²) in [6.07, 6.45) is 9.37. The van der Waals surface area contributed by atoms with Crippen LogP contribution in [0.5, 0.6) is 5.88 Å². The lowest BCUT2D eigenvalue weighted by Crippen LogP contribution is -2.24. The van der Waals surface area contributed by atoms with Gasteiger partial charge in [-0.3, -0.25) is 4.98 Å². The topological polar surface area (TPSA) is 51.1 Å². The van der Waals surface area contributed by atoms with Gasteiger partial charge in [-0.15, -0.1) is 0 Å². The maximum absolute atomic E-state index is 5.60. The second-order valence-corrected chi connectivity index (χ2v) is 4.76. The highest BCUT2D eigenvalue weighted by Gasteiger charge is 2.29. The molecule has 0 amide bonds. The van der Waals surface area contributed by atoms with Crippen molar-refractivity contribution < 1.29 is 4.74 Å². The molecule has 0 saturated carbocycles. The summed E-state index contributed by atoms with van der Waals surface area (Å²) in [6, 6.07) is 4.40. The predicted molar refractivity (Wildman–Crippen MR) is 76.8 cm³/mol. The number of pyridine rings is 1. The number of hydrogen-bond donors (Lipinski definition) is 0. The first-order chi connectivity index (χ1) is 9.90. The van der Waals surface area contributed by atoms with Crippen molar-refractivity contribution in [1.82, 2.24) is 15.0 Å². The van der Waals surface area contributed by atoms with Gasteiger partial charge in [-0.25, -0.2) is 9.97 Å². The van der Waals surface area contributed by atoms with Gasteiger partial charge >= 0.3 is 0 Å². The van der Waals surface area contributed by atoms with E-state index in [4.69, 9.17) is 4.74 Å². The zero-order valence-corrected chi connectivity index (χ0v) is 11.6. The highest BCUT2D eigenvalue weighted by Crippen LogP contribution is 2.37. The number of rotatable bonds is 4. The van der Waals surface area contributed by atoms with Crippen LogP contribution in [0.15, 0.2) is 36.9 Å². The van der Waals surface area contributed by atoms with Gasteiger partial charge in [-0.1, -0.05) is 6.07 Å². The molecule has 1 atom stereocenters. The summed E-state index contributed by atoms with van der Waals surface area (Å²) in [5.74, 6) is 1.45. The lowest BCUT2D eigenvalue weighted by Gasteiger charge is -2.26. The molecular weight excluding hydrogens is 252 g/mol. The fourth-order valence-corrected chi connectivity index (χ4v) is 2.69. The van der Waals surface area contributed by atoms with Crippen LogP contribution in [0.4, 0.5) is 5.82 Å². The third kappa shape index (κ3) is 2.43. The molecule has 2 aromatic heterocycles. The second-order valence-electron chi connectivity index (χ2n) is 4.76. The molecule has 0 radical (unpaired) electrons. The Balaban J connectivity index is 1.93. The van der Waals surface area contributed by atoms with Crippen LogP contribution in [0.2, 0.25) is 0 Å². The minimum atomic E-state index is 0.305. The first-order valence-corrected chi connectivity index (χ1v) is 7.00. The molecular formula is C15H18N4O. The van der Waals surface area contributed by atoms with Crippen LogP contribution in [0.3, 0.4) is 0 Å². The van der Waals surface area contributed by atoms with E-state index < -0.39 is 0 Å². The number of hydrogen-bond acceptors (Lipinski definition) is 5. The van der Waals surface area contributed by atoms with Crippen molar-refractivity contribution in [3.63, 3.8) is 0 Å². The number of aromatic nitrogens is 3. The molecule has 1 aliphatic rings. The Morgan fingerprint density at radius 1 is 1.30 bits per heavy atom. The van der Waals surface area contributed by atoms with Gasteiger partial charge in [0.05, 0.1) is 12.6 Å². The van der Waals surface area contributed by atoms with Crippen LogP contribution in [-0.2, 0) is 0 Å². The van der Waals surface area contributed by atoms with Gasteiger partial charge < -0.3 is 9.64 Å². The molecule has 0 N–H and O–H groups in total. The summed E-state index contributed by atoms with van der Waals surface area (Å²) in [7, 11) is 0. The van der Waals surface area contributed by atoms with Crippen LogP contribution in [0.1, 0.15) is 31.4 Å². The number of anilines is 1. The molecule has 3 rings (SSSR count). The third-order valence-electron chi connectivity index (χ3n) is 3.52. The molecule has 2 aromatic rings.